The Morgan fingerprint density at radius 1 is 1.25 bits per heavy atom. The maximum atomic E-state index is 11.1. The molecule has 1 aliphatic carbocycles. The average molecular weight is 330 g/mol. The lowest BCUT2D eigenvalue weighted by Crippen LogP contribution is -2.27. The molecule has 0 radical (unpaired) electrons. The van der Waals surface area contributed by atoms with Crippen LogP contribution in [0.2, 0.25) is 0 Å². The first-order valence-electron chi connectivity index (χ1n) is 8.36. The number of ether oxygens (including phenoxy) is 1. The molecule has 1 unspecified atom stereocenters. The van der Waals surface area contributed by atoms with Gasteiger partial charge in [-0.15, -0.1) is 0 Å². The number of aliphatic hydroxyl groups is 1. The van der Waals surface area contributed by atoms with Crippen LogP contribution in [0.5, 0.6) is 0 Å². The first kappa shape index (κ1) is 20.2. The van der Waals surface area contributed by atoms with Crippen molar-refractivity contribution >= 4 is 5.97 Å². The maximum Gasteiger partial charge on any atom is 0.330 e. The van der Waals surface area contributed by atoms with Crippen molar-refractivity contribution in [3.05, 3.63) is 58.7 Å². The standard InChI is InChI=1S/C21H30O3/c1-15(8-7-9-16(2)14-20(23)24-6)10-11-18-17(3)19(22)12-13-21(18,4)5/h7-11,14,19,22H,12-13H2,1-6H3/b9-7+,11-10+,15-8+,16-14+. The number of esters is 1. The molecule has 0 aromatic heterocycles. The number of methoxy groups -OCH3 is 1. The molecule has 0 bridgehead atoms. The summed E-state index contributed by atoms with van der Waals surface area (Å²) in [5.74, 6) is -0.349. The van der Waals surface area contributed by atoms with Crippen LogP contribution < -0.4 is 0 Å². The van der Waals surface area contributed by atoms with Crippen molar-refractivity contribution in [2.75, 3.05) is 7.11 Å². The Morgan fingerprint density at radius 2 is 1.92 bits per heavy atom. The number of carbonyl (C=O) groups is 1. The van der Waals surface area contributed by atoms with Crippen molar-refractivity contribution in [2.24, 2.45) is 5.41 Å². The fourth-order valence-electron chi connectivity index (χ4n) is 2.83. The van der Waals surface area contributed by atoms with Crippen LogP contribution in [0.25, 0.3) is 0 Å². The largest absolute Gasteiger partial charge is 0.466 e. The van der Waals surface area contributed by atoms with Crippen molar-refractivity contribution in [3.8, 4) is 0 Å². The zero-order chi connectivity index (χ0) is 18.3. The smallest absolute Gasteiger partial charge is 0.330 e. The van der Waals surface area contributed by atoms with Crippen LogP contribution in [0, 0.1) is 5.41 Å². The lowest BCUT2D eigenvalue weighted by molar-refractivity contribution is -0.134. The first-order valence-corrected chi connectivity index (χ1v) is 8.36. The van der Waals surface area contributed by atoms with Gasteiger partial charge in [-0.05, 0) is 55.7 Å². The van der Waals surface area contributed by atoms with Gasteiger partial charge in [0.2, 0.25) is 0 Å². The lowest BCUT2D eigenvalue weighted by Gasteiger charge is -2.35. The second-order valence-electron chi connectivity index (χ2n) is 7.05. The first-order chi connectivity index (χ1) is 11.2. The van der Waals surface area contributed by atoms with Gasteiger partial charge in [-0.3, -0.25) is 0 Å². The molecular weight excluding hydrogens is 300 g/mol. The van der Waals surface area contributed by atoms with E-state index >= 15 is 0 Å². The van der Waals surface area contributed by atoms with E-state index in [1.54, 1.807) is 0 Å². The Morgan fingerprint density at radius 3 is 2.54 bits per heavy atom. The minimum atomic E-state index is -0.349. The molecule has 3 heteroatoms. The summed E-state index contributed by atoms with van der Waals surface area (Å²) < 4.78 is 4.59. The van der Waals surface area contributed by atoms with Gasteiger partial charge in [0.25, 0.3) is 0 Å². The van der Waals surface area contributed by atoms with Gasteiger partial charge in [-0.2, -0.15) is 0 Å². The van der Waals surface area contributed by atoms with Crippen LogP contribution in [0.1, 0.15) is 47.5 Å². The molecule has 0 saturated carbocycles. The van der Waals surface area contributed by atoms with Crippen molar-refractivity contribution in [3.63, 3.8) is 0 Å². The van der Waals surface area contributed by atoms with Gasteiger partial charge in [0, 0.05) is 6.08 Å². The fourth-order valence-corrected chi connectivity index (χ4v) is 2.83. The Labute approximate surface area is 146 Å². The van der Waals surface area contributed by atoms with Gasteiger partial charge in [-0.25, -0.2) is 4.79 Å². The Kier molecular flexibility index (Phi) is 7.43. The van der Waals surface area contributed by atoms with Gasteiger partial charge in [0.1, 0.15) is 0 Å². The van der Waals surface area contributed by atoms with E-state index in [2.05, 4.69) is 30.7 Å². The minimum Gasteiger partial charge on any atom is -0.466 e. The van der Waals surface area contributed by atoms with Gasteiger partial charge in [0.15, 0.2) is 0 Å². The lowest BCUT2D eigenvalue weighted by atomic mass is 9.71. The number of hydrogen-bond donors (Lipinski definition) is 1. The fraction of sp³-hybridized carbons (Fsp3) is 0.476. The van der Waals surface area contributed by atoms with Crippen molar-refractivity contribution < 1.29 is 14.6 Å². The van der Waals surface area contributed by atoms with Crippen LogP contribution in [0.3, 0.4) is 0 Å². The molecule has 0 fully saturated rings. The molecule has 1 atom stereocenters. The van der Waals surface area contributed by atoms with Crippen LogP contribution >= 0.6 is 0 Å². The molecule has 1 N–H and O–H groups in total. The topological polar surface area (TPSA) is 46.5 Å². The molecular formula is C21H30O3. The Bertz CT molecular complexity index is 613. The van der Waals surface area contributed by atoms with Gasteiger partial charge in [-0.1, -0.05) is 49.8 Å². The highest BCUT2D eigenvalue weighted by molar-refractivity contribution is 5.83. The maximum absolute atomic E-state index is 11.1. The summed E-state index contributed by atoms with van der Waals surface area (Å²) in [6.07, 6.45) is 12.9. The van der Waals surface area contributed by atoms with E-state index < -0.39 is 0 Å². The number of rotatable bonds is 5. The van der Waals surface area contributed by atoms with E-state index in [1.165, 1.54) is 18.8 Å². The number of aliphatic hydroxyl groups excluding tert-OH is 1. The predicted octanol–water partition coefficient (Wildman–Crippen LogP) is 4.66. The molecule has 1 rings (SSSR count). The minimum absolute atomic E-state index is 0.0930. The zero-order valence-electron chi connectivity index (χ0n) is 15.7. The van der Waals surface area contributed by atoms with E-state index in [0.717, 1.165) is 29.6 Å². The average Bonchev–Trinajstić information content (AvgIpc) is 2.51. The highest BCUT2D eigenvalue weighted by Crippen LogP contribution is 2.40. The summed E-state index contributed by atoms with van der Waals surface area (Å²) in [6.45, 7) is 10.4. The molecule has 3 nitrogen and oxygen atoms in total. The van der Waals surface area contributed by atoms with E-state index in [4.69, 9.17) is 0 Å². The van der Waals surface area contributed by atoms with E-state index in [1.807, 2.05) is 39.0 Å². The van der Waals surface area contributed by atoms with Crippen molar-refractivity contribution in [1.82, 2.24) is 0 Å². The highest BCUT2D eigenvalue weighted by atomic mass is 16.5. The van der Waals surface area contributed by atoms with E-state index in [9.17, 15) is 9.90 Å². The van der Waals surface area contributed by atoms with Crippen molar-refractivity contribution in [1.29, 1.82) is 0 Å². The van der Waals surface area contributed by atoms with Crippen LogP contribution in [0.15, 0.2) is 58.7 Å². The molecule has 0 amide bonds. The molecule has 0 spiro atoms. The number of hydrogen-bond acceptors (Lipinski definition) is 3. The van der Waals surface area contributed by atoms with Crippen LogP contribution in [-0.2, 0) is 9.53 Å². The third kappa shape index (κ3) is 5.97. The Balaban J connectivity index is 2.84. The SMILES string of the molecule is COC(=O)/C=C(C)/C=C/C=C(C)/C=C/C1=C(C)C(O)CCC1(C)C. The summed E-state index contributed by atoms with van der Waals surface area (Å²) >= 11 is 0. The molecule has 0 aromatic rings. The number of allylic oxidation sites excluding steroid dienone is 8. The summed E-state index contributed by atoms with van der Waals surface area (Å²) in [4.78, 5) is 11.1. The normalized spacial score (nSPS) is 22.5. The molecule has 0 aliphatic heterocycles. The molecule has 0 heterocycles. The van der Waals surface area contributed by atoms with E-state index in [0.29, 0.717) is 0 Å². The van der Waals surface area contributed by atoms with Crippen LogP contribution in [0.4, 0.5) is 0 Å². The van der Waals surface area contributed by atoms with E-state index in [-0.39, 0.29) is 17.5 Å². The molecule has 0 saturated heterocycles. The quantitative estimate of drug-likeness (QED) is 0.453. The summed E-state index contributed by atoms with van der Waals surface area (Å²) in [5.41, 5.74) is 4.33. The third-order valence-electron chi connectivity index (χ3n) is 4.47. The summed E-state index contributed by atoms with van der Waals surface area (Å²) in [6, 6.07) is 0. The van der Waals surface area contributed by atoms with Gasteiger partial charge in [0.05, 0.1) is 13.2 Å². The predicted molar refractivity (Wildman–Crippen MR) is 99.5 cm³/mol. The second-order valence-corrected chi connectivity index (χ2v) is 7.05. The van der Waals surface area contributed by atoms with Crippen molar-refractivity contribution in [2.45, 2.75) is 53.6 Å². The van der Waals surface area contributed by atoms with Crippen LogP contribution in [-0.4, -0.2) is 24.3 Å². The zero-order valence-corrected chi connectivity index (χ0v) is 15.7. The molecule has 0 aromatic carbocycles. The second kappa shape index (κ2) is 8.84. The summed E-state index contributed by atoms with van der Waals surface area (Å²) in [7, 11) is 1.37. The number of carbonyl (C=O) groups excluding carboxylic acids is 1. The molecule has 1 aliphatic rings. The monoisotopic (exact) mass is 330 g/mol. The Hall–Kier alpha value is -1.87. The molecule has 132 valence electrons. The van der Waals surface area contributed by atoms with Gasteiger partial charge < -0.3 is 9.84 Å². The molecule has 24 heavy (non-hydrogen) atoms. The van der Waals surface area contributed by atoms with Gasteiger partial charge >= 0.3 is 5.97 Å². The highest BCUT2D eigenvalue weighted by Gasteiger charge is 2.30. The summed E-state index contributed by atoms with van der Waals surface area (Å²) in [5, 5.41) is 10.1. The third-order valence-corrected chi connectivity index (χ3v) is 4.47.